The molecule has 1 unspecified atom stereocenters. The minimum atomic E-state index is 0.383. The third-order valence-corrected chi connectivity index (χ3v) is 3.11. The maximum absolute atomic E-state index is 4.14. The summed E-state index contributed by atoms with van der Waals surface area (Å²) in [5, 5.41) is 11.0. The lowest BCUT2D eigenvalue weighted by Gasteiger charge is -2.34. The summed E-state index contributed by atoms with van der Waals surface area (Å²) in [6.07, 6.45) is 6.47. The molecular formula is C11H20N4. The standard InChI is InChI=1S/C11H20N4/c1-11(4-3-5-12-8-11)9-13-10-6-14-15(2)7-10/h6-7,12-13H,3-5,8-9H2,1-2H3. The summed E-state index contributed by atoms with van der Waals surface area (Å²) in [6, 6.07) is 0. The highest BCUT2D eigenvalue weighted by molar-refractivity contribution is 5.38. The van der Waals surface area contributed by atoms with Gasteiger partial charge in [-0.3, -0.25) is 4.68 Å². The van der Waals surface area contributed by atoms with Gasteiger partial charge in [0.05, 0.1) is 11.9 Å². The first kappa shape index (κ1) is 10.5. The van der Waals surface area contributed by atoms with E-state index in [1.54, 1.807) is 0 Å². The van der Waals surface area contributed by atoms with Crippen molar-refractivity contribution in [1.82, 2.24) is 15.1 Å². The summed E-state index contributed by atoms with van der Waals surface area (Å²) < 4.78 is 1.82. The van der Waals surface area contributed by atoms with E-state index in [-0.39, 0.29) is 0 Å². The summed E-state index contributed by atoms with van der Waals surface area (Å²) in [5.41, 5.74) is 1.50. The average molecular weight is 208 g/mol. The van der Waals surface area contributed by atoms with E-state index in [1.807, 2.05) is 24.1 Å². The number of hydrogen-bond acceptors (Lipinski definition) is 3. The second-order valence-corrected chi connectivity index (χ2v) is 4.85. The zero-order valence-corrected chi connectivity index (χ0v) is 9.58. The van der Waals surface area contributed by atoms with Crippen LogP contribution in [-0.4, -0.2) is 29.4 Å². The van der Waals surface area contributed by atoms with Crippen LogP contribution >= 0.6 is 0 Å². The van der Waals surface area contributed by atoms with Gasteiger partial charge in [0.15, 0.2) is 0 Å². The molecule has 0 radical (unpaired) electrons. The van der Waals surface area contributed by atoms with Gasteiger partial charge < -0.3 is 10.6 Å². The molecule has 0 aromatic carbocycles. The van der Waals surface area contributed by atoms with Crippen molar-refractivity contribution in [1.29, 1.82) is 0 Å². The Morgan fingerprint density at radius 2 is 2.53 bits per heavy atom. The van der Waals surface area contributed by atoms with Crippen molar-refractivity contribution in [3.63, 3.8) is 0 Å². The van der Waals surface area contributed by atoms with E-state index >= 15 is 0 Å². The van der Waals surface area contributed by atoms with Crippen molar-refractivity contribution in [2.24, 2.45) is 12.5 Å². The van der Waals surface area contributed by atoms with Crippen molar-refractivity contribution in [2.45, 2.75) is 19.8 Å². The third kappa shape index (κ3) is 2.72. The molecule has 0 spiro atoms. The number of rotatable bonds is 3. The van der Waals surface area contributed by atoms with E-state index in [4.69, 9.17) is 0 Å². The fraction of sp³-hybridized carbons (Fsp3) is 0.727. The van der Waals surface area contributed by atoms with Crippen LogP contribution in [0.5, 0.6) is 0 Å². The minimum absolute atomic E-state index is 0.383. The monoisotopic (exact) mass is 208 g/mol. The highest BCUT2D eigenvalue weighted by Crippen LogP contribution is 2.25. The Morgan fingerprint density at radius 1 is 1.67 bits per heavy atom. The Bertz CT molecular complexity index is 312. The van der Waals surface area contributed by atoms with Crippen LogP contribution in [0.2, 0.25) is 0 Å². The molecule has 84 valence electrons. The first-order valence-electron chi connectivity index (χ1n) is 5.61. The number of aromatic nitrogens is 2. The molecule has 1 aliphatic rings. The van der Waals surface area contributed by atoms with Gasteiger partial charge in [-0.05, 0) is 24.8 Å². The van der Waals surface area contributed by atoms with E-state index in [9.17, 15) is 0 Å². The van der Waals surface area contributed by atoms with Gasteiger partial charge in [-0.1, -0.05) is 6.92 Å². The number of piperidine rings is 1. The van der Waals surface area contributed by atoms with Gasteiger partial charge >= 0.3 is 0 Å². The van der Waals surface area contributed by atoms with Gasteiger partial charge in [0, 0.05) is 26.3 Å². The molecule has 1 aromatic heterocycles. The van der Waals surface area contributed by atoms with E-state index in [1.165, 1.54) is 19.4 Å². The molecule has 1 saturated heterocycles. The first-order chi connectivity index (χ1) is 7.18. The average Bonchev–Trinajstić information content (AvgIpc) is 2.63. The van der Waals surface area contributed by atoms with Crippen molar-refractivity contribution in [2.75, 3.05) is 25.0 Å². The smallest absolute Gasteiger partial charge is 0.0726 e. The number of hydrogen-bond donors (Lipinski definition) is 2. The highest BCUT2D eigenvalue weighted by atomic mass is 15.3. The van der Waals surface area contributed by atoms with Gasteiger partial charge in [-0.2, -0.15) is 5.10 Å². The molecule has 4 nitrogen and oxygen atoms in total. The predicted octanol–water partition coefficient (Wildman–Crippen LogP) is 1.22. The molecule has 1 atom stereocenters. The van der Waals surface area contributed by atoms with Crippen LogP contribution in [0.3, 0.4) is 0 Å². The quantitative estimate of drug-likeness (QED) is 0.785. The summed E-state index contributed by atoms with van der Waals surface area (Å²) in [5.74, 6) is 0. The lowest BCUT2D eigenvalue weighted by Crippen LogP contribution is -2.42. The van der Waals surface area contributed by atoms with Crippen LogP contribution in [0.25, 0.3) is 0 Å². The third-order valence-electron chi connectivity index (χ3n) is 3.11. The molecule has 0 aliphatic carbocycles. The molecule has 15 heavy (non-hydrogen) atoms. The Hall–Kier alpha value is -1.03. The molecule has 1 aromatic rings. The molecule has 1 fully saturated rings. The summed E-state index contributed by atoms with van der Waals surface area (Å²) >= 11 is 0. The van der Waals surface area contributed by atoms with Crippen LogP contribution in [-0.2, 0) is 7.05 Å². The van der Waals surface area contributed by atoms with Gasteiger partial charge in [0.25, 0.3) is 0 Å². The largest absolute Gasteiger partial charge is 0.382 e. The molecule has 1 aliphatic heterocycles. The predicted molar refractivity (Wildman–Crippen MR) is 61.9 cm³/mol. The topological polar surface area (TPSA) is 41.9 Å². The van der Waals surface area contributed by atoms with E-state index in [2.05, 4.69) is 22.7 Å². The second-order valence-electron chi connectivity index (χ2n) is 4.85. The van der Waals surface area contributed by atoms with Crippen LogP contribution in [0.1, 0.15) is 19.8 Å². The number of aryl methyl sites for hydroxylation is 1. The summed E-state index contributed by atoms with van der Waals surface area (Å²) in [4.78, 5) is 0. The SMILES string of the molecule is Cn1cc(NCC2(C)CCCNC2)cn1. The fourth-order valence-electron chi connectivity index (χ4n) is 2.10. The number of nitrogens with zero attached hydrogens (tertiary/aromatic N) is 2. The van der Waals surface area contributed by atoms with Crippen LogP contribution in [0, 0.1) is 5.41 Å². The van der Waals surface area contributed by atoms with E-state index in [0.29, 0.717) is 5.41 Å². The molecule has 4 heteroatoms. The van der Waals surface area contributed by atoms with Crippen LogP contribution in [0.15, 0.2) is 12.4 Å². The van der Waals surface area contributed by atoms with Crippen LogP contribution in [0.4, 0.5) is 5.69 Å². The second kappa shape index (κ2) is 4.23. The summed E-state index contributed by atoms with van der Waals surface area (Å²) in [6.45, 7) is 5.64. The molecule has 0 amide bonds. The lowest BCUT2D eigenvalue weighted by molar-refractivity contribution is 0.253. The molecular weight excluding hydrogens is 188 g/mol. The lowest BCUT2D eigenvalue weighted by atomic mass is 9.83. The Kier molecular flexibility index (Phi) is 2.95. The van der Waals surface area contributed by atoms with Gasteiger partial charge in [-0.25, -0.2) is 0 Å². The zero-order valence-electron chi connectivity index (χ0n) is 9.58. The van der Waals surface area contributed by atoms with Crippen molar-refractivity contribution >= 4 is 5.69 Å². The first-order valence-corrected chi connectivity index (χ1v) is 5.61. The number of anilines is 1. The maximum atomic E-state index is 4.14. The Labute approximate surface area is 91.1 Å². The Morgan fingerprint density at radius 3 is 3.13 bits per heavy atom. The summed E-state index contributed by atoms with van der Waals surface area (Å²) in [7, 11) is 1.94. The molecule has 0 saturated carbocycles. The van der Waals surface area contributed by atoms with Crippen molar-refractivity contribution in [3.8, 4) is 0 Å². The fourth-order valence-corrected chi connectivity index (χ4v) is 2.10. The maximum Gasteiger partial charge on any atom is 0.0726 e. The van der Waals surface area contributed by atoms with Gasteiger partial charge in [-0.15, -0.1) is 0 Å². The molecule has 2 rings (SSSR count). The zero-order chi connectivity index (χ0) is 10.7. The van der Waals surface area contributed by atoms with Crippen molar-refractivity contribution in [3.05, 3.63) is 12.4 Å². The molecule has 2 N–H and O–H groups in total. The molecule has 0 bridgehead atoms. The van der Waals surface area contributed by atoms with Crippen molar-refractivity contribution < 1.29 is 0 Å². The van der Waals surface area contributed by atoms with Gasteiger partial charge in [0.2, 0.25) is 0 Å². The Balaban J connectivity index is 1.86. The van der Waals surface area contributed by atoms with Crippen LogP contribution < -0.4 is 10.6 Å². The van der Waals surface area contributed by atoms with E-state index < -0.39 is 0 Å². The molecule has 2 heterocycles. The van der Waals surface area contributed by atoms with Gasteiger partial charge in [0.1, 0.15) is 0 Å². The minimum Gasteiger partial charge on any atom is -0.382 e. The normalized spacial score (nSPS) is 26.5. The highest BCUT2D eigenvalue weighted by Gasteiger charge is 2.26. The van der Waals surface area contributed by atoms with E-state index in [0.717, 1.165) is 18.8 Å². The number of nitrogens with one attached hydrogen (secondary N) is 2.